The van der Waals surface area contributed by atoms with E-state index in [1.54, 1.807) is 52.8 Å². The van der Waals surface area contributed by atoms with Gasteiger partial charge in [-0.1, -0.05) is 18.2 Å². The maximum atomic E-state index is 13.1. The summed E-state index contributed by atoms with van der Waals surface area (Å²) in [5, 5.41) is 1.97. The van der Waals surface area contributed by atoms with Crippen molar-refractivity contribution in [2.24, 2.45) is 0 Å². The first-order chi connectivity index (χ1) is 12.4. The molecule has 0 aliphatic rings. The molecule has 136 valence electrons. The molecule has 3 aromatic rings. The lowest BCUT2D eigenvalue weighted by Crippen LogP contribution is -2.29. The third-order valence-electron chi connectivity index (χ3n) is 3.74. The Kier molecular flexibility index (Phi) is 5.58. The van der Waals surface area contributed by atoms with Crippen molar-refractivity contribution in [1.82, 2.24) is 4.90 Å². The summed E-state index contributed by atoms with van der Waals surface area (Å²) in [7, 11) is -3.16. The van der Waals surface area contributed by atoms with Crippen LogP contribution in [0.1, 0.15) is 26.6 Å². The summed E-state index contributed by atoms with van der Waals surface area (Å²) < 4.78 is 28.5. The second-order valence-corrected chi connectivity index (χ2v) is 9.26. The molecule has 0 saturated heterocycles. The molecular formula is C19H19NO4S2. The van der Waals surface area contributed by atoms with Gasteiger partial charge in [0.05, 0.1) is 25.1 Å². The van der Waals surface area contributed by atoms with Crippen LogP contribution in [0, 0.1) is 0 Å². The highest BCUT2D eigenvalue weighted by Crippen LogP contribution is 2.18. The Morgan fingerprint density at radius 3 is 2.62 bits per heavy atom. The van der Waals surface area contributed by atoms with Gasteiger partial charge in [0.1, 0.15) is 5.76 Å². The molecule has 1 aromatic carbocycles. The molecule has 0 saturated carbocycles. The Balaban J connectivity index is 1.85. The van der Waals surface area contributed by atoms with Gasteiger partial charge in [-0.15, -0.1) is 11.3 Å². The van der Waals surface area contributed by atoms with Crippen LogP contribution in [0.2, 0.25) is 0 Å². The number of thiophene rings is 1. The number of amides is 1. The van der Waals surface area contributed by atoms with Crippen LogP contribution in [0.5, 0.6) is 0 Å². The van der Waals surface area contributed by atoms with E-state index in [4.69, 9.17) is 4.42 Å². The lowest BCUT2D eigenvalue weighted by molar-refractivity contribution is 0.0719. The van der Waals surface area contributed by atoms with Gasteiger partial charge in [-0.25, -0.2) is 8.42 Å². The second-order valence-electron chi connectivity index (χ2n) is 6.09. The number of carbonyl (C=O) groups is 1. The van der Waals surface area contributed by atoms with Gasteiger partial charge in [0.25, 0.3) is 5.91 Å². The Morgan fingerprint density at radius 1 is 1.12 bits per heavy atom. The molecule has 2 aromatic heterocycles. The van der Waals surface area contributed by atoms with E-state index in [0.29, 0.717) is 30.0 Å². The topological polar surface area (TPSA) is 67.6 Å². The van der Waals surface area contributed by atoms with Crippen molar-refractivity contribution >= 4 is 27.1 Å². The zero-order chi connectivity index (χ0) is 18.6. The van der Waals surface area contributed by atoms with Gasteiger partial charge in [-0.2, -0.15) is 0 Å². The Bertz CT molecular complexity index is 925. The van der Waals surface area contributed by atoms with Gasteiger partial charge in [0, 0.05) is 16.7 Å². The van der Waals surface area contributed by atoms with Gasteiger partial charge in [0.15, 0.2) is 9.84 Å². The van der Waals surface area contributed by atoms with Gasteiger partial charge in [-0.05, 0) is 41.3 Å². The van der Waals surface area contributed by atoms with E-state index in [0.717, 1.165) is 4.88 Å². The second kappa shape index (κ2) is 7.88. The highest BCUT2D eigenvalue weighted by Gasteiger charge is 2.19. The maximum Gasteiger partial charge on any atom is 0.254 e. The van der Waals surface area contributed by atoms with Crippen LogP contribution in [0.15, 0.2) is 64.6 Å². The molecule has 3 rings (SSSR count). The first kappa shape index (κ1) is 18.4. The smallest absolute Gasteiger partial charge is 0.254 e. The van der Waals surface area contributed by atoms with E-state index in [1.165, 1.54) is 6.26 Å². The van der Waals surface area contributed by atoms with Gasteiger partial charge in [0.2, 0.25) is 0 Å². The SMILES string of the molecule is CS(=O)(=O)Cc1cccc(C(=O)N(Cc2ccco2)Cc2cccs2)c1. The number of benzene rings is 1. The lowest BCUT2D eigenvalue weighted by Gasteiger charge is -2.21. The molecule has 0 bridgehead atoms. The first-order valence-electron chi connectivity index (χ1n) is 8.01. The zero-order valence-corrected chi connectivity index (χ0v) is 15.9. The van der Waals surface area contributed by atoms with Gasteiger partial charge < -0.3 is 9.32 Å². The van der Waals surface area contributed by atoms with E-state index in [2.05, 4.69) is 0 Å². The molecule has 0 unspecified atom stereocenters. The zero-order valence-electron chi connectivity index (χ0n) is 14.3. The summed E-state index contributed by atoms with van der Waals surface area (Å²) in [6.07, 6.45) is 2.76. The Labute approximate surface area is 156 Å². The molecule has 0 radical (unpaired) electrons. The highest BCUT2D eigenvalue weighted by molar-refractivity contribution is 7.89. The van der Waals surface area contributed by atoms with Crippen molar-refractivity contribution in [3.63, 3.8) is 0 Å². The third kappa shape index (κ3) is 5.06. The number of carbonyl (C=O) groups excluding carboxylic acids is 1. The molecule has 0 atom stereocenters. The first-order valence-corrected chi connectivity index (χ1v) is 11.0. The molecule has 0 aliphatic heterocycles. The molecule has 0 N–H and O–H groups in total. The summed E-state index contributed by atoms with van der Waals surface area (Å²) in [6.45, 7) is 0.813. The predicted octanol–water partition coefficient (Wildman–Crippen LogP) is 3.73. The molecule has 0 fully saturated rings. The number of rotatable bonds is 7. The predicted molar refractivity (Wildman–Crippen MR) is 102 cm³/mol. The number of hydrogen-bond donors (Lipinski definition) is 0. The normalized spacial score (nSPS) is 11.4. The van der Waals surface area contributed by atoms with Crippen molar-refractivity contribution < 1.29 is 17.6 Å². The molecule has 7 heteroatoms. The van der Waals surface area contributed by atoms with E-state index >= 15 is 0 Å². The quantitative estimate of drug-likeness (QED) is 0.617. The summed E-state index contributed by atoms with van der Waals surface area (Å²) in [6, 6.07) is 14.3. The van der Waals surface area contributed by atoms with Crippen molar-refractivity contribution in [2.45, 2.75) is 18.8 Å². The van der Waals surface area contributed by atoms with E-state index < -0.39 is 9.84 Å². The molecule has 0 spiro atoms. The van der Waals surface area contributed by atoms with Crippen LogP contribution in [0.3, 0.4) is 0 Å². The third-order valence-corrected chi connectivity index (χ3v) is 5.46. The Hall–Kier alpha value is -2.38. The van der Waals surface area contributed by atoms with Crippen molar-refractivity contribution in [2.75, 3.05) is 6.26 Å². The summed E-state index contributed by atoms with van der Waals surface area (Å²) in [5.74, 6) is 0.448. The van der Waals surface area contributed by atoms with Crippen LogP contribution >= 0.6 is 11.3 Å². The summed E-state index contributed by atoms with van der Waals surface area (Å²) in [4.78, 5) is 15.8. The van der Waals surface area contributed by atoms with Crippen LogP contribution in [0.25, 0.3) is 0 Å². The number of nitrogens with zero attached hydrogens (tertiary/aromatic N) is 1. The molecule has 1 amide bonds. The lowest BCUT2D eigenvalue weighted by atomic mass is 10.1. The minimum Gasteiger partial charge on any atom is -0.467 e. The van der Waals surface area contributed by atoms with Crippen molar-refractivity contribution in [1.29, 1.82) is 0 Å². The Morgan fingerprint density at radius 2 is 1.96 bits per heavy atom. The minimum atomic E-state index is -3.16. The molecular weight excluding hydrogens is 370 g/mol. The fraction of sp³-hybridized carbons (Fsp3) is 0.211. The van der Waals surface area contributed by atoms with Crippen LogP contribution in [0.4, 0.5) is 0 Å². The molecule has 2 heterocycles. The summed E-state index contributed by atoms with van der Waals surface area (Å²) in [5.41, 5.74) is 1.07. The van der Waals surface area contributed by atoms with Crippen molar-refractivity contribution in [3.05, 3.63) is 81.9 Å². The van der Waals surface area contributed by atoms with E-state index in [-0.39, 0.29) is 11.7 Å². The number of furan rings is 1. The van der Waals surface area contributed by atoms with Crippen LogP contribution in [-0.4, -0.2) is 25.5 Å². The van der Waals surface area contributed by atoms with E-state index in [1.807, 2.05) is 23.6 Å². The molecule has 5 nitrogen and oxygen atoms in total. The van der Waals surface area contributed by atoms with Crippen LogP contribution in [-0.2, 0) is 28.7 Å². The fourth-order valence-electron chi connectivity index (χ4n) is 2.66. The van der Waals surface area contributed by atoms with E-state index in [9.17, 15) is 13.2 Å². The van der Waals surface area contributed by atoms with Gasteiger partial charge in [-0.3, -0.25) is 4.79 Å². The monoisotopic (exact) mass is 389 g/mol. The van der Waals surface area contributed by atoms with Gasteiger partial charge >= 0.3 is 0 Å². The van der Waals surface area contributed by atoms with Crippen molar-refractivity contribution in [3.8, 4) is 0 Å². The maximum absolute atomic E-state index is 13.1. The highest BCUT2D eigenvalue weighted by atomic mass is 32.2. The average molecular weight is 389 g/mol. The number of hydrogen-bond acceptors (Lipinski definition) is 5. The standard InChI is InChI=1S/C19H19NO4S2/c1-26(22,23)14-15-5-2-6-16(11-15)19(21)20(12-17-7-3-9-24-17)13-18-8-4-10-25-18/h2-11H,12-14H2,1H3. The average Bonchev–Trinajstić information content (AvgIpc) is 3.26. The number of sulfone groups is 1. The largest absolute Gasteiger partial charge is 0.467 e. The molecule has 26 heavy (non-hydrogen) atoms. The molecule has 0 aliphatic carbocycles. The van der Waals surface area contributed by atoms with Crippen LogP contribution < -0.4 is 0 Å². The summed E-state index contributed by atoms with van der Waals surface area (Å²) >= 11 is 1.58. The fourth-order valence-corrected chi connectivity index (χ4v) is 4.16. The minimum absolute atomic E-state index is 0.0861.